The van der Waals surface area contributed by atoms with Crippen LogP contribution in [0, 0.1) is 10.1 Å². The molecule has 0 aliphatic heterocycles. The van der Waals surface area contributed by atoms with Gasteiger partial charge >= 0.3 is 0 Å². The van der Waals surface area contributed by atoms with Crippen LogP contribution >= 0.6 is 23.8 Å². The van der Waals surface area contributed by atoms with Gasteiger partial charge in [-0.25, -0.2) is 0 Å². The lowest BCUT2D eigenvalue weighted by Gasteiger charge is -1.97. The number of hydrazone groups is 1. The van der Waals surface area contributed by atoms with E-state index in [1.807, 2.05) is 0 Å². The molecule has 8 heteroatoms. The Kier molecular flexibility index (Phi) is 4.15. The van der Waals surface area contributed by atoms with Crippen LogP contribution in [0.5, 0.6) is 0 Å². The Balaban J connectivity index is 2.91. The predicted molar refractivity (Wildman–Crippen MR) is 65.6 cm³/mol. The van der Waals surface area contributed by atoms with Crippen LogP contribution < -0.4 is 11.2 Å². The lowest BCUT2D eigenvalue weighted by Crippen LogP contribution is -2.23. The standard InChI is InChI=1S/C8H7ClN4O2S/c9-6-2-1-5(3-7(6)13(14)15)4-11-12-8(10)16/h1-4H,(H3,10,12,16)/b11-4-. The van der Waals surface area contributed by atoms with E-state index in [0.29, 0.717) is 5.56 Å². The number of benzene rings is 1. The van der Waals surface area contributed by atoms with Gasteiger partial charge in [0.2, 0.25) is 0 Å². The molecule has 0 amide bonds. The number of rotatable bonds is 3. The van der Waals surface area contributed by atoms with E-state index in [-0.39, 0.29) is 15.8 Å². The van der Waals surface area contributed by atoms with Crippen molar-refractivity contribution < 1.29 is 4.92 Å². The molecule has 0 heterocycles. The largest absolute Gasteiger partial charge is 0.375 e. The molecule has 6 nitrogen and oxygen atoms in total. The maximum absolute atomic E-state index is 10.6. The summed E-state index contributed by atoms with van der Waals surface area (Å²) >= 11 is 10.2. The maximum Gasteiger partial charge on any atom is 0.288 e. The van der Waals surface area contributed by atoms with Crippen molar-refractivity contribution in [3.63, 3.8) is 0 Å². The number of nitrogens with zero attached hydrogens (tertiary/aromatic N) is 2. The number of hydrogen-bond acceptors (Lipinski definition) is 4. The Hall–Kier alpha value is -1.73. The first kappa shape index (κ1) is 12.3. The Morgan fingerprint density at radius 2 is 2.38 bits per heavy atom. The Bertz CT molecular complexity index is 463. The summed E-state index contributed by atoms with van der Waals surface area (Å²) < 4.78 is 0. The number of hydrogen-bond donors (Lipinski definition) is 2. The van der Waals surface area contributed by atoms with Crippen LogP contribution in [0.15, 0.2) is 23.3 Å². The minimum Gasteiger partial charge on any atom is -0.375 e. The normalized spacial score (nSPS) is 10.3. The monoisotopic (exact) mass is 258 g/mol. The third kappa shape index (κ3) is 3.44. The van der Waals surface area contributed by atoms with Crippen molar-refractivity contribution in [2.75, 3.05) is 0 Å². The molecule has 0 aromatic heterocycles. The summed E-state index contributed by atoms with van der Waals surface area (Å²) in [7, 11) is 0. The minimum absolute atomic E-state index is 0.0136. The highest BCUT2D eigenvalue weighted by molar-refractivity contribution is 7.80. The molecule has 3 N–H and O–H groups in total. The highest BCUT2D eigenvalue weighted by Crippen LogP contribution is 2.24. The number of thiocarbonyl (C=S) groups is 1. The van der Waals surface area contributed by atoms with Crippen LogP contribution in [0.4, 0.5) is 5.69 Å². The fourth-order valence-corrected chi connectivity index (χ4v) is 1.16. The summed E-state index contributed by atoms with van der Waals surface area (Å²) in [4.78, 5) is 10.0. The average molecular weight is 259 g/mol. The van der Waals surface area contributed by atoms with E-state index in [9.17, 15) is 10.1 Å². The summed E-state index contributed by atoms with van der Waals surface area (Å²) in [6.07, 6.45) is 1.35. The van der Waals surface area contributed by atoms with Gasteiger partial charge in [0.1, 0.15) is 5.02 Å². The summed E-state index contributed by atoms with van der Waals surface area (Å²) in [5, 5.41) is 14.3. The SMILES string of the molecule is NC(=S)N/N=C\c1ccc(Cl)c([N+](=O)[O-])c1. The molecule has 1 rings (SSSR count). The van der Waals surface area contributed by atoms with Gasteiger partial charge in [-0.15, -0.1) is 0 Å². The van der Waals surface area contributed by atoms with E-state index in [2.05, 4.69) is 22.7 Å². The van der Waals surface area contributed by atoms with E-state index < -0.39 is 4.92 Å². The summed E-state index contributed by atoms with van der Waals surface area (Å²) in [5.74, 6) is 0. The summed E-state index contributed by atoms with van der Waals surface area (Å²) in [5.41, 5.74) is 7.80. The Morgan fingerprint density at radius 1 is 1.69 bits per heavy atom. The highest BCUT2D eigenvalue weighted by Gasteiger charge is 2.11. The molecule has 0 aliphatic carbocycles. The number of nitrogens with two attached hydrogens (primary N) is 1. The van der Waals surface area contributed by atoms with Crippen molar-refractivity contribution in [2.45, 2.75) is 0 Å². The Labute approximate surface area is 101 Å². The highest BCUT2D eigenvalue weighted by atomic mass is 35.5. The molecular weight excluding hydrogens is 252 g/mol. The van der Waals surface area contributed by atoms with E-state index in [1.165, 1.54) is 18.3 Å². The first-order valence-electron chi connectivity index (χ1n) is 4.03. The molecule has 16 heavy (non-hydrogen) atoms. The molecule has 0 unspecified atom stereocenters. The van der Waals surface area contributed by atoms with Crippen LogP contribution in [-0.2, 0) is 0 Å². The van der Waals surface area contributed by atoms with Crippen molar-refractivity contribution in [1.29, 1.82) is 0 Å². The van der Waals surface area contributed by atoms with Gasteiger partial charge in [-0.2, -0.15) is 5.10 Å². The summed E-state index contributed by atoms with van der Waals surface area (Å²) in [6.45, 7) is 0. The molecule has 1 aromatic carbocycles. The number of nitro groups is 1. The fraction of sp³-hybridized carbons (Fsp3) is 0. The van der Waals surface area contributed by atoms with Gasteiger partial charge in [0, 0.05) is 11.6 Å². The molecule has 0 saturated carbocycles. The topological polar surface area (TPSA) is 93.5 Å². The van der Waals surface area contributed by atoms with E-state index in [4.69, 9.17) is 17.3 Å². The quantitative estimate of drug-likeness (QED) is 0.370. The second-order valence-electron chi connectivity index (χ2n) is 2.70. The van der Waals surface area contributed by atoms with Crippen LogP contribution in [0.25, 0.3) is 0 Å². The molecule has 0 saturated heterocycles. The zero-order valence-corrected chi connectivity index (χ0v) is 9.46. The van der Waals surface area contributed by atoms with Gasteiger partial charge in [-0.3, -0.25) is 15.5 Å². The van der Waals surface area contributed by atoms with Gasteiger partial charge < -0.3 is 5.73 Å². The van der Waals surface area contributed by atoms with Gasteiger partial charge in [-0.1, -0.05) is 17.7 Å². The zero-order chi connectivity index (χ0) is 12.1. The smallest absolute Gasteiger partial charge is 0.288 e. The third-order valence-electron chi connectivity index (χ3n) is 1.56. The number of nitro benzene ring substituents is 1. The van der Waals surface area contributed by atoms with E-state index in [1.54, 1.807) is 6.07 Å². The van der Waals surface area contributed by atoms with Crippen molar-refractivity contribution in [2.24, 2.45) is 10.8 Å². The molecule has 0 bridgehead atoms. The lowest BCUT2D eigenvalue weighted by molar-refractivity contribution is -0.384. The molecule has 84 valence electrons. The van der Waals surface area contributed by atoms with Crippen LogP contribution in [0.2, 0.25) is 5.02 Å². The average Bonchev–Trinajstić information content (AvgIpc) is 2.19. The number of halogens is 1. The molecule has 0 spiro atoms. The van der Waals surface area contributed by atoms with Gasteiger partial charge in [0.25, 0.3) is 5.69 Å². The molecule has 1 aromatic rings. The van der Waals surface area contributed by atoms with E-state index in [0.717, 1.165) is 0 Å². The molecule has 0 radical (unpaired) electrons. The first-order chi connectivity index (χ1) is 7.50. The molecule has 0 aliphatic rings. The predicted octanol–water partition coefficient (Wildman–Crippen LogP) is 1.42. The second-order valence-corrected chi connectivity index (χ2v) is 3.55. The molecule has 0 fully saturated rings. The Morgan fingerprint density at radius 3 is 2.94 bits per heavy atom. The van der Waals surface area contributed by atoms with Gasteiger partial charge in [-0.05, 0) is 18.3 Å². The first-order valence-corrected chi connectivity index (χ1v) is 4.82. The van der Waals surface area contributed by atoms with Crippen molar-refractivity contribution in [3.05, 3.63) is 38.9 Å². The van der Waals surface area contributed by atoms with Crippen LogP contribution in [0.3, 0.4) is 0 Å². The number of nitrogens with one attached hydrogen (secondary N) is 1. The fourth-order valence-electron chi connectivity index (χ4n) is 0.920. The summed E-state index contributed by atoms with van der Waals surface area (Å²) in [6, 6.07) is 4.30. The molecular formula is C8H7ClN4O2S. The third-order valence-corrected chi connectivity index (χ3v) is 1.97. The second kappa shape index (κ2) is 5.38. The van der Waals surface area contributed by atoms with E-state index >= 15 is 0 Å². The minimum atomic E-state index is -0.569. The van der Waals surface area contributed by atoms with Crippen LogP contribution in [0.1, 0.15) is 5.56 Å². The lowest BCUT2D eigenvalue weighted by atomic mass is 10.2. The van der Waals surface area contributed by atoms with Gasteiger partial charge in [0.05, 0.1) is 11.1 Å². The van der Waals surface area contributed by atoms with Crippen molar-refractivity contribution in [3.8, 4) is 0 Å². The maximum atomic E-state index is 10.6. The van der Waals surface area contributed by atoms with Gasteiger partial charge in [0.15, 0.2) is 5.11 Å². The van der Waals surface area contributed by atoms with Crippen LogP contribution in [-0.4, -0.2) is 16.3 Å². The van der Waals surface area contributed by atoms with Crippen molar-refractivity contribution in [1.82, 2.24) is 5.43 Å². The van der Waals surface area contributed by atoms with Crippen molar-refractivity contribution >= 4 is 40.8 Å². The zero-order valence-electron chi connectivity index (χ0n) is 7.88. The molecule has 0 atom stereocenters.